The summed E-state index contributed by atoms with van der Waals surface area (Å²) < 4.78 is 18.5. The standard InChI is InChI=1S/C17H25ClFN3O.HI/c1-16(2,13-6-5-12(19)7-14(13)18)8-21-15(20-4)22-9-17(3)10-23-11-17;/h5-7H,8-11H2,1-4H3,(H2,20,21,22);1H. The SMILES string of the molecule is CN=C(NCC1(C)COC1)NCC(C)(C)c1ccc(F)cc1Cl.I. The lowest BCUT2D eigenvalue weighted by atomic mass is 9.84. The predicted molar refractivity (Wildman–Crippen MR) is 108 cm³/mol. The molecular weight excluding hydrogens is 444 g/mol. The normalized spacial score (nSPS) is 16.8. The van der Waals surface area contributed by atoms with Crippen LogP contribution in [-0.2, 0) is 10.2 Å². The molecule has 1 saturated heterocycles. The van der Waals surface area contributed by atoms with Gasteiger partial charge in [0.05, 0.1) is 13.2 Å². The number of hydrogen-bond acceptors (Lipinski definition) is 2. The number of ether oxygens (including phenoxy) is 1. The van der Waals surface area contributed by atoms with Gasteiger partial charge in [-0.2, -0.15) is 0 Å². The lowest BCUT2D eigenvalue weighted by Crippen LogP contribution is -2.52. The molecule has 0 bridgehead atoms. The van der Waals surface area contributed by atoms with Gasteiger partial charge >= 0.3 is 0 Å². The van der Waals surface area contributed by atoms with E-state index in [0.29, 0.717) is 11.6 Å². The zero-order valence-corrected chi connectivity index (χ0v) is 17.7. The van der Waals surface area contributed by atoms with Crippen molar-refractivity contribution in [1.29, 1.82) is 0 Å². The fraction of sp³-hybridized carbons (Fsp3) is 0.588. The third-order valence-electron chi connectivity index (χ3n) is 4.17. The van der Waals surface area contributed by atoms with Crippen LogP contribution in [0.3, 0.4) is 0 Å². The van der Waals surface area contributed by atoms with Crippen LogP contribution in [0, 0.1) is 11.2 Å². The summed E-state index contributed by atoms with van der Waals surface area (Å²) in [6.45, 7) is 9.29. The predicted octanol–water partition coefficient (Wildman–Crippen LogP) is 3.58. The molecule has 1 aromatic carbocycles. The molecule has 1 fully saturated rings. The van der Waals surface area contributed by atoms with Gasteiger partial charge in [-0.1, -0.05) is 38.4 Å². The van der Waals surface area contributed by atoms with Gasteiger partial charge in [0.15, 0.2) is 5.96 Å². The number of hydrogen-bond donors (Lipinski definition) is 2. The van der Waals surface area contributed by atoms with E-state index in [4.69, 9.17) is 16.3 Å². The summed E-state index contributed by atoms with van der Waals surface area (Å²) in [6.07, 6.45) is 0. The Morgan fingerprint density at radius 3 is 2.54 bits per heavy atom. The second kappa shape index (κ2) is 8.67. The molecule has 24 heavy (non-hydrogen) atoms. The Hall–Kier alpha value is -0.600. The van der Waals surface area contributed by atoms with Crippen molar-refractivity contribution >= 4 is 41.5 Å². The van der Waals surface area contributed by atoms with E-state index >= 15 is 0 Å². The average molecular weight is 470 g/mol. The zero-order chi connectivity index (χ0) is 17.1. The Kier molecular flexibility index (Phi) is 7.75. The summed E-state index contributed by atoms with van der Waals surface area (Å²) in [5.41, 5.74) is 0.821. The molecule has 2 rings (SSSR count). The van der Waals surface area contributed by atoms with Crippen molar-refractivity contribution in [2.24, 2.45) is 10.4 Å². The summed E-state index contributed by atoms with van der Waals surface area (Å²) in [5, 5.41) is 7.09. The third kappa shape index (κ3) is 5.46. The number of rotatable bonds is 5. The zero-order valence-electron chi connectivity index (χ0n) is 14.6. The van der Waals surface area contributed by atoms with Crippen LogP contribution in [0.2, 0.25) is 5.02 Å². The molecule has 0 amide bonds. The molecule has 0 aliphatic carbocycles. The van der Waals surface area contributed by atoms with Crippen molar-refractivity contribution in [3.8, 4) is 0 Å². The van der Waals surface area contributed by atoms with E-state index in [1.165, 1.54) is 12.1 Å². The van der Waals surface area contributed by atoms with Crippen LogP contribution in [0.5, 0.6) is 0 Å². The molecule has 1 aromatic rings. The van der Waals surface area contributed by atoms with Gasteiger partial charge in [-0.05, 0) is 17.7 Å². The summed E-state index contributed by atoms with van der Waals surface area (Å²) in [4.78, 5) is 4.24. The molecule has 0 atom stereocenters. The molecule has 2 N–H and O–H groups in total. The molecule has 0 unspecified atom stereocenters. The minimum atomic E-state index is -0.323. The number of nitrogens with one attached hydrogen (secondary N) is 2. The van der Waals surface area contributed by atoms with Crippen LogP contribution in [-0.4, -0.2) is 39.3 Å². The molecule has 7 heteroatoms. The number of nitrogens with zero attached hydrogens (tertiary/aromatic N) is 1. The second-order valence-electron chi connectivity index (χ2n) is 7.09. The summed E-state index contributed by atoms with van der Waals surface area (Å²) in [7, 11) is 1.74. The Balaban J connectivity index is 0.00000288. The van der Waals surface area contributed by atoms with Crippen molar-refractivity contribution in [3.63, 3.8) is 0 Å². The average Bonchev–Trinajstić information content (AvgIpc) is 2.45. The van der Waals surface area contributed by atoms with Crippen LogP contribution < -0.4 is 10.6 Å². The molecule has 1 aliphatic rings. The summed E-state index contributed by atoms with van der Waals surface area (Å²) in [6, 6.07) is 4.53. The lowest BCUT2D eigenvalue weighted by molar-refractivity contribution is -0.0971. The number of aliphatic imine (C=N–C) groups is 1. The molecule has 0 radical (unpaired) electrons. The Labute approximate surface area is 165 Å². The Morgan fingerprint density at radius 1 is 1.38 bits per heavy atom. The van der Waals surface area contributed by atoms with Crippen molar-refractivity contribution in [2.75, 3.05) is 33.4 Å². The molecule has 1 aliphatic heterocycles. The molecule has 4 nitrogen and oxygen atoms in total. The van der Waals surface area contributed by atoms with Gasteiger partial charge in [0.1, 0.15) is 5.82 Å². The molecule has 0 saturated carbocycles. The minimum absolute atomic E-state index is 0. The highest BCUT2D eigenvalue weighted by Gasteiger charge is 2.33. The van der Waals surface area contributed by atoms with Gasteiger partial charge < -0.3 is 15.4 Å². The van der Waals surface area contributed by atoms with E-state index in [2.05, 4.69) is 36.4 Å². The van der Waals surface area contributed by atoms with Crippen LogP contribution in [0.15, 0.2) is 23.2 Å². The van der Waals surface area contributed by atoms with E-state index in [1.54, 1.807) is 13.1 Å². The van der Waals surface area contributed by atoms with E-state index in [9.17, 15) is 4.39 Å². The smallest absolute Gasteiger partial charge is 0.191 e. The highest BCUT2D eigenvalue weighted by molar-refractivity contribution is 14.0. The first kappa shape index (κ1) is 21.4. The maximum atomic E-state index is 13.2. The first-order chi connectivity index (χ1) is 10.8. The van der Waals surface area contributed by atoms with Gasteiger partial charge in [-0.3, -0.25) is 4.99 Å². The Morgan fingerprint density at radius 2 is 2.04 bits per heavy atom. The second-order valence-corrected chi connectivity index (χ2v) is 7.50. The third-order valence-corrected chi connectivity index (χ3v) is 4.48. The van der Waals surface area contributed by atoms with E-state index in [1.807, 2.05) is 0 Å². The van der Waals surface area contributed by atoms with E-state index in [-0.39, 0.29) is 40.6 Å². The summed E-state index contributed by atoms with van der Waals surface area (Å²) in [5.74, 6) is 0.417. The topological polar surface area (TPSA) is 45.7 Å². The van der Waals surface area contributed by atoms with Crippen molar-refractivity contribution in [2.45, 2.75) is 26.2 Å². The number of halogens is 3. The van der Waals surface area contributed by atoms with Crippen LogP contribution in [0.4, 0.5) is 4.39 Å². The highest BCUT2D eigenvalue weighted by Crippen LogP contribution is 2.30. The monoisotopic (exact) mass is 469 g/mol. The maximum Gasteiger partial charge on any atom is 0.191 e. The highest BCUT2D eigenvalue weighted by atomic mass is 127. The quantitative estimate of drug-likeness (QED) is 0.394. The number of benzene rings is 1. The van der Waals surface area contributed by atoms with Gasteiger partial charge in [-0.25, -0.2) is 4.39 Å². The van der Waals surface area contributed by atoms with E-state index < -0.39 is 0 Å². The van der Waals surface area contributed by atoms with Crippen LogP contribution >= 0.6 is 35.6 Å². The van der Waals surface area contributed by atoms with Gasteiger partial charge in [0.25, 0.3) is 0 Å². The largest absolute Gasteiger partial charge is 0.380 e. The molecule has 1 heterocycles. The number of guanidine groups is 1. The molecule has 0 spiro atoms. The fourth-order valence-electron chi connectivity index (χ4n) is 2.51. The van der Waals surface area contributed by atoms with Gasteiger partial charge in [0, 0.05) is 36.0 Å². The van der Waals surface area contributed by atoms with E-state index in [0.717, 1.165) is 31.3 Å². The summed E-state index contributed by atoms with van der Waals surface area (Å²) >= 11 is 6.18. The first-order valence-electron chi connectivity index (χ1n) is 7.74. The Bertz CT molecular complexity index is 591. The van der Waals surface area contributed by atoms with Crippen molar-refractivity contribution < 1.29 is 9.13 Å². The maximum absolute atomic E-state index is 13.2. The van der Waals surface area contributed by atoms with Crippen molar-refractivity contribution in [1.82, 2.24) is 10.6 Å². The molecule has 0 aromatic heterocycles. The molecule has 136 valence electrons. The van der Waals surface area contributed by atoms with Gasteiger partial charge in [-0.15, -0.1) is 24.0 Å². The van der Waals surface area contributed by atoms with Crippen LogP contribution in [0.1, 0.15) is 26.3 Å². The van der Waals surface area contributed by atoms with Crippen molar-refractivity contribution in [3.05, 3.63) is 34.6 Å². The fourth-order valence-corrected chi connectivity index (χ4v) is 2.93. The van der Waals surface area contributed by atoms with Gasteiger partial charge in [0.2, 0.25) is 0 Å². The molecular formula is C17H26ClFIN3O. The van der Waals surface area contributed by atoms with Crippen LogP contribution in [0.25, 0.3) is 0 Å². The lowest BCUT2D eigenvalue weighted by Gasteiger charge is -2.38. The first-order valence-corrected chi connectivity index (χ1v) is 8.11. The minimum Gasteiger partial charge on any atom is -0.380 e.